The lowest BCUT2D eigenvalue weighted by atomic mass is 9.91. The molecule has 33 heavy (non-hydrogen) atoms. The van der Waals surface area contributed by atoms with Crippen molar-refractivity contribution in [3.8, 4) is 10.4 Å². The number of amides is 2. The number of hydrogen-bond donors (Lipinski definition) is 2. The number of rotatable bonds is 7. The first kappa shape index (κ1) is 23.1. The van der Waals surface area contributed by atoms with Gasteiger partial charge in [-0.3, -0.25) is 9.59 Å². The van der Waals surface area contributed by atoms with Crippen molar-refractivity contribution in [1.29, 1.82) is 0 Å². The Balaban J connectivity index is 1.42. The first-order chi connectivity index (χ1) is 15.8. The van der Waals surface area contributed by atoms with E-state index in [-0.39, 0.29) is 30.7 Å². The van der Waals surface area contributed by atoms with Crippen molar-refractivity contribution in [3.05, 3.63) is 59.1 Å². The summed E-state index contributed by atoms with van der Waals surface area (Å²) in [7, 11) is 0. The molecule has 0 radical (unpaired) electrons. The number of nitrogens with zero attached hydrogens (tertiary/aromatic N) is 3. The minimum Gasteiger partial charge on any atom is -0.391 e. The van der Waals surface area contributed by atoms with E-state index in [9.17, 15) is 14.7 Å². The average molecular weight is 469 g/mol. The molecule has 0 spiro atoms. The summed E-state index contributed by atoms with van der Waals surface area (Å²) in [5, 5.41) is 16.9. The fraction of sp³-hybridized carbons (Fsp3) is 0.417. The Bertz CT molecular complexity index is 1090. The van der Waals surface area contributed by atoms with Gasteiger partial charge in [0.25, 0.3) is 0 Å². The highest BCUT2D eigenvalue weighted by molar-refractivity contribution is 7.13. The minimum atomic E-state index is -0.742. The van der Waals surface area contributed by atoms with Gasteiger partial charge in [0.1, 0.15) is 17.7 Å². The smallest absolute Gasteiger partial charge is 0.243 e. The summed E-state index contributed by atoms with van der Waals surface area (Å²) in [6.07, 6.45) is 0.972. The summed E-state index contributed by atoms with van der Waals surface area (Å²) in [4.78, 5) is 33.2. The zero-order valence-corrected chi connectivity index (χ0v) is 19.7. The number of aromatic nitrogens is 2. The number of thiazole rings is 1. The maximum Gasteiger partial charge on any atom is 0.243 e. The van der Waals surface area contributed by atoms with E-state index in [0.717, 1.165) is 21.7 Å². The molecule has 174 valence electrons. The van der Waals surface area contributed by atoms with Crippen molar-refractivity contribution in [2.24, 2.45) is 5.92 Å². The van der Waals surface area contributed by atoms with E-state index in [2.05, 4.69) is 15.5 Å². The zero-order chi connectivity index (χ0) is 23.5. The average Bonchev–Trinajstić information content (AvgIpc) is 3.54. The molecule has 1 aliphatic rings. The van der Waals surface area contributed by atoms with E-state index < -0.39 is 18.1 Å². The van der Waals surface area contributed by atoms with E-state index >= 15 is 0 Å². The van der Waals surface area contributed by atoms with Crippen molar-refractivity contribution in [3.63, 3.8) is 0 Å². The second kappa shape index (κ2) is 9.84. The Morgan fingerprint density at radius 2 is 2.03 bits per heavy atom. The molecule has 2 aromatic heterocycles. The number of aryl methyl sites for hydroxylation is 1. The first-order valence-electron chi connectivity index (χ1n) is 11.0. The zero-order valence-electron chi connectivity index (χ0n) is 18.9. The van der Waals surface area contributed by atoms with Gasteiger partial charge in [-0.05, 0) is 24.0 Å². The summed E-state index contributed by atoms with van der Waals surface area (Å²) in [5.74, 6) is -0.652. The normalized spacial score (nSPS) is 19.1. The number of likely N-dealkylation sites (tertiary alicyclic amines) is 1. The van der Waals surface area contributed by atoms with Gasteiger partial charge < -0.3 is 19.8 Å². The Hall–Kier alpha value is -3.04. The summed E-state index contributed by atoms with van der Waals surface area (Å²) >= 11 is 1.60. The van der Waals surface area contributed by atoms with E-state index in [1.807, 2.05) is 50.5 Å². The summed E-state index contributed by atoms with van der Waals surface area (Å²) in [6.45, 7) is 6.28. The number of aliphatic hydroxyl groups excluding tert-OH is 1. The quantitative estimate of drug-likeness (QED) is 0.552. The monoisotopic (exact) mass is 468 g/mol. The molecule has 9 heteroatoms. The van der Waals surface area contributed by atoms with Gasteiger partial charge in [-0.1, -0.05) is 43.3 Å². The fourth-order valence-corrected chi connectivity index (χ4v) is 5.08. The lowest BCUT2D eigenvalue weighted by Crippen LogP contribution is -2.47. The molecule has 3 atom stereocenters. The summed E-state index contributed by atoms with van der Waals surface area (Å²) in [6, 6.07) is 8.92. The van der Waals surface area contributed by atoms with Crippen LogP contribution in [0.2, 0.25) is 0 Å². The van der Waals surface area contributed by atoms with Crippen LogP contribution in [0.5, 0.6) is 0 Å². The Morgan fingerprint density at radius 3 is 2.64 bits per heavy atom. The highest BCUT2D eigenvalue weighted by atomic mass is 32.1. The van der Waals surface area contributed by atoms with Gasteiger partial charge in [-0.15, -0.1) is 11.3 Å². The molecule has 1 aromatic carbocycles. The third-order valence-electron chi connectivity index (χ3n) is 5.99. The Kier molecular flexibility index (Phi) is 6.90. The highest BCUT2D eigenvalue weighted by Crippen LogP contribution is 2.31. The number of carbonyl (C=O) groups excluding carboxylic acids is 2. The molecule has 1 aliphatic heterocycles. The maximum atomic E-state index is 13.3. The van der Waals surface area contributed by atoms with Crippen LogP contribution in [-0.2, 0) is 16.1 Å². The summed E-state index contributed by atoms with van der Waals surface area (Å²) in [5.41, 5.74) is 4.87. The van der Waals surface area contributed by atoms with E-state index in [0.29, 0.717) is 12.3 Å². The number of nitrogens with one attached hydrogen (secondary N) is 1. The Morgan fingerprint density at radius 1 is 1.27 bits per heavy atom. The van der Waals surface area contributed by atoms with Gasteiger partial charge >= 0.3 is 0 Å². The maximum absolute atomic E-state index is 13.3. The summed E-state index contributed by atoms with van der Waals surface area (Å²) < 4.78 is 5.25. The van der Waals surface area contributed by atoms with Crippen LogP contribution in [0.3, 0.4) is 0 Å². The molecular formula is C24H28N4O4S. The van der Waals surface area contributed by atoms with Crippen LogP contribution >= 0.6 is 11.3 Å². The van der Waals surface area contributed by atoms with Gasteiger partial charge in [-0.25, -0.2) is 4.98 Å². The number of benzene rings is 1. The first-order valence-corrected chi connectivity index (χ1v) is 11.9. The number of aliphatic hydroxyl groups is 1. The molecule has 3 aromatic rings. The molecule has 1 saturated heterocycles. The number of hydrogen-bond acceptors (Lipinski definition) is 7. The molecule has 8 nitrogen and oxygen atoms in total. The van der Waals surface area contributed by atoms with E-state index in [1.54, 1.807) is 17.4 Å². The SMILES string of the molecule is Cc1ncsc1-c1ccc(CNC(=O)[C@@H]2C[C@@H](O)CN2C(=O)[C@@H](c2ccno2)C(C)C)cc1. The van der Waals surface area contributed by atoms with Crippen LogP contribution < -0.4 is 5.32 Å². The molecule has 0 unspecified atom stereocenters. The number of β-amino-alcohol motifs (C(OH)–C–C–N with tert-alkyl or cyclic N) is 1. The molecule has 0 aliphatic carbocycles. The topological polar surface area (TPSA) is 109 Å². The van der Waals surface area contributed by atoms with Crippen LogP contribution in [0.15, 0.2) is 46.6 Å². The Labute approximate surface area is 196 Å². The fourth-order valence-electron chi connectivity index (χ4n) is 4.27. The molecular weight excluding hydrogens is 440 g/mol. The van der Waals surface area contributed by atoms with Crippen LogP contribution in [0.1, 0.15) is 43.2 Å². The molecule has 2 N–H and O–H groups in total. The minimum absolute atomic E-state index is 0.0485. The predicted molar refractivity (Wildman–Crippen MR) is 124 cm³/mol. The van der Waals surface area contributed by atoms with Crippen molar-refractivity contribution >= 4 is 23.2 Å². The molecule has 0 saturated carbocycles. The number of carbonyl (C=O) groups is 2. The predicted octanol–water partition coefficient (Wildman–Crippen LogP) is 3.12. The van der Waals surface area contributed by atoms with E-state index in [4.69, 9.17) is 4.52 Å². The van der Waals surface area contributed by atoms with Crippen LogP contribution in [0.4, 0.5) is 0 Å². The second-order valence-electron chi connectivity index (χ2n) is 8.71. The second-order valence-corrected chi connectivity index (χ2v) is 9.57. The largest absolute Gasteiger partial charge is 0.391 e. The van der Waals surface area contributed by atoms with E-state index in [1.165, 1.54) is 11.1 Å². The standard InChI is InChI=1S/C24H28N4O4S/c1-14(2)21(20-8-9-27-32-20)24(31)28-12-18(29)10-19(28)23(30)25-11-16-4-6-17(7-5-16)22-15(3)26-13-33-22/h4-9,13-14,18-19,21,29H,10-12H2,1-3H3,(H,25,30)/t18-,19+,21-/m1/s1. The third-order valence-corrected chi connectivity index (χ3v) is 6.97. The van der Waals surface area contributed by atoms with Gasteiger partial charge in [-0.2, -0.15) is 0 Å². The van der Waals surface area contributed by atoms with Gasteiger partial charge in [0.15, 0.2) is 0 Å². The molecule has 1 fully saturated rings. The van der Waals surface area contributed by atoms with Crippen molar-refractivity contribution < 1.29 is 19.2 Å². The van der Waals surface area contributed by atoms with Crippen LogP contribution in [-0.4, -0.2) is 50.7 Å². The van der Waals surface area contributed by atoms with Crippen LogP contribution in [0.25, 0.3) is 10.4 Å². The lowest BCUT2D eigenvalue weighted by Gasteiger charge is -2.28. The molecule has 2 amide bonds. The molecule has 4 rings (SSSR count). The molecule has 0 bridgehead atoms. The van der Waals surface area contributed by atoms with Crippen molar-refractivity contribution in [2.45, 2.75) is 51.8 Å². The van der Waals surface area contributed by atoms with Gasteiger partial charge in [0, 0.05) is 25.6 Å². The van der Waals surface area contributed by atoms with Gasteiger partial charge in [0.05, 0.1) is 28.4 Å². The lowest BCUT2D eigenvalue weighted by molar-refractivity contribution is -0.141. The van der Waals surface area contributed by atoms with Crippen molar-refractivity contribution in [1.82, 2.24) is 20.4 Å². The van der Waals surface area contributed by atoms with Gasteiger partial charge in [0.2, 0.25) is 11.8 Å². The highest BCUT2D eigenvalue weighted by Gasteiger charge is 2.42. The third kappa shape index (κ3) is 4.99. The van der Waals surface area contributed by atoms with Crippen LogP contribution in [0, 0.1) is 12.8 Å². The van der Waals surface area contributed by atoms with Crippen molar-refractivity contribution in [2.75, 3.05) is 6.54 Å². The molecule has 3 heterocycles.